The van der Waals surface area contributed by atoms with Crippen molar-refractivity contribution in [3.8, 4) is 0 Å². The molecule has 0 aromatic rings. The van der Waals surface area contributed by atoms with Crippen LogP contribution in [0.15, 0.2) is 12.3 Å². The zero-order valence-corrected chi connectivity index (χ0v) is 6.51. The Kier molecular flexibility index (Phi) is 15.1. The van der Waals surface area contributed by atoms with Crippen LogP contribution >= 0.6 is 9.24 Å². The number of allylic oxidation sites excluding steroid dienone is 1. The number of rotatable bonds is 1. The summed E-state index contributed by atoms with van der Waals surface area (Å²) in [5.41, 5.74) is 0. The Hall–Kier alpha value is 0.710. The van der Waals surface area contributed by atoms with Crippen LogP contribution in [-0.2, 0) is 22.4 Å². The molecule has 0 spiro atoms. The largest absolute Gasteiger partial charge is 0.516 e. The maximum absolute atomic E-state index is 7.87. The molecule has 3 heteroatoms. The van der Waals surface area contributed by atoms with Crippen LogP contribution in [0.1, 0.15) is 0 Å². The minimum Gasteiger partial charge on any atom is -0.516 e. The van der Waals surface area contributed by atoms with Gasteiger partial charge in [-0.1, -0.05) is 0 Å². The van der Waals surface area contributed by atoms with E-state index in [4.69, 9.17) is 5.11 Å². The number of aliphatic hydroxyl groups is 1. The first-order valence-electron chi connectivity index (χ1n) is 1.41. The minimum absolute atomic E-state index is 0. The molecule has 1 radical (unpaired) electrons. The summed E-state index contributed by atoms with van der Waals surface area (Å²) >= 11 is 0. The molecule has 0 aromatic heterocycles. The SMILES string of the molecule is OC=CCP.[Au]. The predicted molar refractivity (Wildman–Crippen MR) is 26.3 cm³/mol. The Bertz CT molecular complexity index is 37.8. The van der Waals surface area contributed by atoms with Gasteiger partial charge in [0.05, 0.1) is 6.26 Å². The molecule has 1 N–H and O–H groups in total. The van der Waals surface area contributed by atoms with Crippen LogP contribution in [0.25, 0.3) is 0 Å². The van der Waals surface area contributed by atoms with Crippen LogP contribution in [0.5, 0.6) is 0 Å². The summed E-state index contributed by atoms with van der Waals surface area (Å²) in [7, 11) is 2.45. The first-order valence-corrected chi connectivity index (χ1v) is 2.22. The summed E-state index contributed by atoms with van der Waals surface area (Å²) in [4.78, 5) is 0. The molecule has 0 aromatic carbocycles. The van der Waals surface area contributed by atoms with Crippen LogP contribution in [-0.4, -0.2) is 11.3 Å². The van der Waals surface area contributed by atoms with Crippen molar-refractivity contribution in [1.29, 1.82) is 0 Å². The van der Waals surface area contributed by atoms with E-state index in [1.165, 1.54) is 0 Å². The minimum atomic E-state index is 0. The van der Waals surface area contributed by atoms with E-state index in [1.54, 1.807) is 6.08 Å². The molecule has 1 unspecified atom stereocenters. The van der Waals surface area contributed by atoms with Crippen molar-refractivity contribution < 1.29 is 27.5 Å². The monoisotopic (exact) mass is 287 g/mol. The van der Waals surface area contributed by atoms with E-state index < -0.39 is 0 Å². The van der Waals surface area contributed by atoms with Crippen molar-refractivity contribution in [1.82, 2.24) is 0 Å². The summed E-state index contributed by atoms with van der Waals surface area (Å²) in [5.74, 6) is 0. The molecule has 0 bridgehead atoms. The van der Waals surface area contributed by atoms with E-state index in [2.05, 4.69) is 9.24 Å². The molecular formula is C3H7AuOP. The van der Waals surface area contributed by atoms with Gasteiger partial charge in [-0.2, -0.15) is 0 Å². The van der Waals surface area contributed by atoms with E-state index >= 15 is 0 Å². The third-order valence-corrected chi connectivity index (χ3v) is 0.514. The summed E-state index contributed by atoms with van der Waals surface area (Å²) in [6.45, 7) is 0. The quantitative estimate of drug-likeness (QED) is 0.432. The Labute approximate surface area is 55.5 Å². The number of aliphatic hydroxyl groups excluding tert-OH is 1. The van der Waals surface area contributed by atoms with Gasteiger partial charge in [-0.3, -0.25) is 0 Å². The van der Waals surface area contributed by atoms with Gasteiger partial charge in [-0.25, -0.2) is 0 Å². The summed E-state index contributed by atoms with van der Waals surface area (Å²) < 4.78 is 0. The normalized spacial score (nSPS) is 8.17. The Balaban J connectivity index is 0. The van der Waals surface area contributed by atoms with Gasteiger partial charge in [0.2, 0.25) is 0 Å². The van der Waals surface area contributed by atoms with Gasteiger partial charge in [-0.15, -0.1) is 9.24 Å². The fourth-order valence-electron chi connectivity index (χ4n) is 0.0609. The van der Waals surface area contributed by atoms with E-state index in [0.717, 1.165) is 12.4 Å². The zero-order valence-electron chi connectivity index (χ0n) is 3.19. The standard InChI is InChI=1S/C3H7OP.Au/c4-2-1-3-5;/h1-2,4H,3,5H2;. The maximum Gasteiger partial charge on any atom is 0.0755 e. The molecule has 0 aliphatic carbocycles. The van der Waals surface area contributed by atoms with Crippen LogP contribution in [0.2, 0.25) is 0 Å². The molecular weight excluding hydrogens is 280 g/mol. The molecule has 0 fully saturated rings. The predicted octanol–water partition coefficient (Wildman–Crippen LogP) is 0.931. The molecule has 0 heterocycles. The van der Waals surface area contributed by atoms with Gasteiger partial charge in [0.15, 0.2) is 0 Å². The summed E-state index contributed by atoms with van der Waals surface area (Å²) in [6.07, 6.45) is 3.51. The number of hydrogen-bond donors (Lipinski definition) is 1. The van der Waals surface area contributed by atoms with E-state index in [-0.39, 0.29) is 22.4 Å². The van der Waals surface area contributed by atoms with Gasteiger partial charge in [0.1, 0.15) is 0 Å². The fraction of sp³-hybridized carbons (Fsp3) is 0.333. The van der Waals surface area contributed by atoms with Crippen LogP contribution in [0, 0.1) is 0 Å². The molecule has 1 atom stereocenters. The van der Waals surface area contributed by atoms with Gasteiger partial charge in [0.25, 0.3) is 0 Å². The molecule has 41 valence electrons. The Morgan fingerprint density at radius 3 is 2.17 bits per heavy atom. The first-order chi connectivity index (χ1) is 2.41. The Morgan fingerprint density at radius 1 is 1.67 bits per heavy atom. The molecule has 6 heavy (non-hydrogen) atoms. The van der Waals surface area contributed by atoms with Crippen LogP contribution < -0.4 is 0 Å². The molecule has 0 aliphatic rings. The number of hydrogen-bond acceptors (Lipinski definition) is 1. The molecule has 0 saturated carbocycles. The second-order valence-electron chi connectivity index (χ2n) is 0.620. The van der Waals surface area contributed by atoms with Gasteiger partial charge >= 0.3 is 0 Å². The average molecular weight is 287 g/mol. The summed E-state index contributed by atoms with van der Waals surface area (Å²) in [6, 6.07) is 0. The van der Waals surface area contributed by atoms with Crippen molar-refractivity contribution >= 4 is 9.24 Å². The van der Waals surface area contributed by atoms with Crippen LogP contribution in [0.4, 0.5) is 0 Å². The van der Waals surface area contributed by atoms with Gasteiger partial charge in [-0.05, 0) is 12.2 Å². The van der Waals surface area contributed by atoms with Crippen LogP contribution in [0.3, 0.4) is 0 Å². The van der Waals surface area contributed by atoms with Gasteiger partial charge in [0, 0.05) is 22.4 Å². The van der Waals surface area contributed by atoms with Crippen molar-refractivity contribution in [2.75, 3.05) is 6.16 Å². The van der Waals surface area contributed by atoms with E-state index in [1.807, 2.05) is 0 Å². The average Bonchev–Trinajstić information content (AvgIpc) is 1.41. The second-order valence-corrected chi connectivity index (χ2v) is 1.09. The molecule has 0 amide bonds. The smallest absolute Gasteiger partial charge is 0.0755 e. The van der Waals surface area contributed by atoms with Crippen molar-refractivity contribution in [3.63, 3.8) is 0 Å². The summed E-state index contributed by atoms with van der Waals surface area (Å²) in [5, 5.41) is 7.87. The Morgan fingerprint density at radius 2 is 2.17 bits per heavy atom. The van der Waals surface area contributed by atoms with Crippen molar-refractivity contribution in [2.24, 2.45) is 0 Å². The van der Waals surface area contributed by atoms with Crippen molar-refractivity contribution in [3.05, 3.63) is 12.3 Å². The molecule has 0 rings (SSSR count). The van der Waals surface area contributed by atoms with E-state index in [9.17, 15) is 0 Å². The maximum atomic E-state index is 7.87. The topological polar surface area (TPSA) is 20.2 Å². The van der Waals surface area contributed by atoms with Gasteiger partial charge < -0.3 is 5.11 Å². The molecule has 0 aliphatic heterocycles. The zero-order chi connectivity index (χ0) is 4.12. The van der Waals surface area contributed by atoms with E-state index in [0.29, 0.717) is 0 Å². The second kappa shape index (κ2) is 9.20. The molecule has 0 saturated heterocycles. The third kappa shape index (κ3) is 8.83. The first kappa shape index (κ1) is 9.86. The molecule has 1 nitrogen and oxygen atoms in total. The van der Waals surface area contributed by atoms with Crippen molar-refractivity contribution in [2.45, 2.75) is 0 Å². The third-order valence-electron chi connectivity index (χ3n) is 0.241. The fourth-order valence-corrected chi connectivity index (χ4v) is 0.183.